The third-order valence-corrected chi connectivity index (χ3v) is 20.4. The Morgan fingerprint density at radius 1 is 0.136 bits per heavy atom. The number of benzene rings is 20. The molecular weight excluding hydrogens is 1330 g/mol. The molecule has 0 heterocycles. The monoisotopic (exact) mass is 1420 g/mol. The first kappa shape index (κ1) is 70.3. The molecule has 0 aliphatic carbocycles. The minimum Gasteiger partial charge on any atom is -0.356 e. The Balaban J connectivity index is 0.000000104. The topological polar surface area (TPSA) is 60.1 Å². The Labute approximate surface area is 643 Å². The van der Waals surface area contributed by atoms with E-state index in [-0.39, 0.29) is 0 Å². The van der Waals surface area contributed by atoms with Crippen molar-refractivity contribution < 1.29 is 0 Å². The Hall–Kier alpha value is -14.0. The summed E-state index contributed by atoms with van der Waals surface area (Å²) in [5.74, 6) is 0. The van der Waals surface area contributed by atoms with Gasteiger partial charge in [0.15, 0.2) is 0 Å². The minimum absolute atomic E-state index is 1.12. The first-order chi connectivity index (χ1) is 54.0. The Morgan fingerprint density at radius 3 is 0.900 bits per heavy atom. The fourth-order valence-electron chi connectivity index (χ4n) is 14.5. The quantitative estimate of drug-likeness (QED) is 0.0698. The van der Waals surface area contributed by atoms with E-state index in [4.69, 9.17) is 0 Å². The molecule has 5 N–H and O–H groups in total. The molecule has 0 aliphatic rings. The van der Waals surface area contributed by atoms with Crippen molar-refractivity contribution in [2.24, 2.45) is 0 Å². The smallest absolute Gasteiger partial charge is 0.0543 e. The minimum atomic E-state index is 1.12. The maximum absolute atomic E-state index is 3.62. The third-order valence-electron chi connectivity index (χ3n) is 20.4. The van der Waals surface area contributed by atoms with Gasteiger partial charge in [-0.1, -0.05) is 295 Å². The molecule has 0 bridgehead atoms. The van der Waals surface area contributed by atoms with Crippen LogP contribution in [-0.2, 0) is 0 Å². The van der Waals surface area contributed by atoms with Crippen molar-refractivity contribution in [1.29, 1.82) is 0 Å². The van der Waals surface area contributed by atoms with Crippen molar-refractivity contribution in [2.45, 2.75) is 34.6 Å². The summed E-state index contributed by atoms with van der Waals surface area (Å²) < 4.78 is 0. The van der Waals surface area contributed by atoms with E-state index in [2.05, 4.69) is 456 Å². The molecule has 0 aliphatic heterocycles. The lowest BCUT2D eigenvalue weighted by atomic mass is 10.0. The SMILES string of the molecule is Cc1ccc(Nc2c3ccccc3cc3ccccc23)cc1.Cc1ccc(Nc2ccc3c(ccc4ccccc43)c2)cc1.Cc1ccc(Nc2ccc3cc4ccccc4cc3c2)cc1.Cc1ccc(Nc2cccc3c2ccc2ccccc23)cc1.Cc1ccc(Nc2cccc3cc4ccccc4cc23)cc1. The first-order valence-electron chi connectivity index (χ1n) is 37.7. The summed E-state index contributed by atoms with van der Waals surface area (Å²) in [7, 11) is 0. The van der Waals surface area contributed by atoms with E-state index in [9.17, 15) is 0 Å². The molecule has 20 rings (SSSR count). The van der Waals surface area contributed by atoms with Crippen molar-refractivity contribution in [3.8, 4) is 0 Å². The molecule has 20 aromatic rings. The summed E-state index contributed by atoms with van der Waals surface area (Å²) in [4.78, 5) is 0. The summed E-state index contributed by atoms with van der Waals surface area (Å²) in [6, 6.07) is 140. The van der Waals surface area contributed by atoms with Crippen molar-refractivity contribution >= 4 is 165 Å². The van der Waals surface area contributed by atoms with Crippen LogP contribution in [0.3, 0.4) is 0 Å². The van der Waals surface area contributed by atoms with Crippen molar-refractivity contribution in [3.05, 3.63) is 422 Å². The third kappa shape index (κ3) is 16.5. The molecule has 0 atom stereocenters. The molecule has 0 spiro atoms. The molecule has 0 unspecified atom stereocenters. The van der Waals surface area contributed by atoms with Crippen LogP contribution < -0.4 is 26.6 Å². The molecule has 20 aromatic carbocycles. The highest BCUT2D eigenvalue weighted by molar-refractivity contribution is 6.14. The van der Waals surface area contributed by atoms with Gasteiger partial charge >= 0.3 is 0 Å². The van der Waals surface area contributed by atoms with Crippen LogP contribution in [0, 0.1) is 34.6 Å². The van der Waals surface area contributed by atoms with Crippen LogP contribution in [0.5, 0.6) is 0 Å². The Morgan fingerprint density at radius 2 is 0.400 bits per heavy atom. The second-order valence-corrected chi connectivity index (χ2v) is 28.5. The van der Waals surface area contributed by atoms with Gasteiger partial charge in [-0.05, 0) is 248 Å². The van der Waals surface area contributed by atoms with Gasteiger partial charge in [0.1, 0.15) is 0 Å². The lowest BCUT2D eigenvalue weighted by Crippen LogP contribution is -1.93. The summed E-state index contributed by atoms with van der Waals surface area (Å²) in [6.07, 6.45) is 0. The Kier molecular flexibility index (Phi) is 20.7. The maximum atomic E-state index is 3.62. The highest BCUT2D eigenvalue weighted by Crippen LogP contribution is 2.38. The van der Waals surface area contributed by atoms with E-state index in [0.29, 0.717) is 0 Å². The highest BCUT2D eigenvalue weighted by Gasteiger charge is 2.11. The maximum Gasteiger partial charge on any atom is 0.0543 e. The van der Waals surface area contributed by atoms with E-state index < -0.39 is 0 Å². The lowest BCUT2D eigenvalue weighted by Gasteiger charge is -2.14. The average molecular weight is 1420 g/mol. The van der Waals surface area contributed by atoms with Crippen LogP contribution in [0.15, 0.2) is 394 Å². The van der Waals surface area contributed by atoms with Gasteiger partial charge in [-0.3, -0.25) is 0 Å². The standard InChI is InChI=1S/5C21H17N/c1-15-10-12-18(13-11-15)22-21-19-8-4-2-6-16(19)14-17-7-3-5-9-20(17)21;1-15-9-12-17(13-10-15)22-21-8-4-7-19-18-6-3-2-5-16(18)11-14-20(19)21;1-15-9-11-19(12-10-15)22-21-8-4-7-18-13-16-5-2-3-6-17(16)14-20(18)21;1-15-6-10-18(11-7-15)22-19-12-13-21-17(14-19)9-8-16-4-2-3-5-20(16)21;1-15-6-9-20(10-7-15)22-21-11-8-18-12-16-4-2-3-5-17(16)13-19(18)14-21/h5*2-14,22H,1H3. The summed E-state index contributed by atoms with van der Waals surface area (Å²) in [5, 5.41) is 43.1. The molecule has 0 fully saturated rings. The zero-order valence-corrected chi connectivity index (χ0v) is 62.5. The summed E-state index contributed by atoms with van der Waals surface area (Å²) in [5.41, 5.74) is 17.7. The van der Waals surface area contributed by atoms with Gasteiger partial charge < -0.3 is 26.6 Å². The van der Waals surface area contributed by atoms with Crippen LogP contribution in [0.1, 0.15) is 27.8 Å². The van der Waals surface area contributed by atoms with E-state index >= 15 is 0 Å². The number of hydrogen-bond acceptors (Lipinski definition) is 5. The van der Waals surface area contributed by atoms with Gasteiger partial charge in [0.25, 0.3) is 0 Å². The van der Waals surface area contributed by atoms with Crippen LogP contribution in [0.2, 0.25) is 0 Å². The summed E-state index contributed by atoms with van der Waals surface area (Å²) >= 11 is 0. The van der Waals surface area contributed by atoms with E-state index in [1.165, 1.54) is 141 Å². The van der Waals surface area contributed by atoms with E-state index in [1.54, 1.807) is 0 Å². The zero-order chi connectivity index (χ0) is 74.7. The predicted octanol–water partition coefficient (Wildman–Crippen LogP) is 30.2. The molecular formula is C105H85N5. The van der Waals surface area contributed by atoms with Crippen molar-refractivity contribution in [3.63, 3.8) is 0 Å². The van der Waals surface area contributed by atoms with Crippen molar-refractivity contribution in [1.82, 2.24) is 0 Å². The molecule has 5 heteroatoms. The Bertz CT molecular complexity index is 6430. The van der Waals surface area contributed by atoms with E-state index in [0.717, 1.165) is 51.2 Å². The largest absolute Gasteiger partial charge is 0.356 e. The van der Waals surface area contributed by atoms with E-state index in [1.807, 2.05) is 0 Å². The molecule has 110 heavy (non-hydrogen) atoms. The average Bonchev–Trinajstić information content (AvgIpc) is 0.722. The van der Waals surface area contributed by atoms with Gasteiger partial charge in [-0.2, -0.15) is 0 Å². The normalized spacial score (nSPS) is 11.0. The summed E-state index contributed by atoms with van der Waals surface area (Å²) in [6.45, 7) is 10.5. The predicted molar refractivity (Wildman–Crippen MR) is 480 cm³/mol. The van der Waals surface area contributed by atoms with Crippen LogP contribution in [0.4, 0.5) is 56.9 Å². The van der Waals surface area contributed by atoms with Gasteiger partial charge in [0.2, 0.25) is 0 Å². The molecule has 0 saturated carbocycles. The van der Waals surface area contributed by atoms with Gasteiger partial charge in [0, 0.05) is 72.7 Å². The number of nitrogens with one attached hydrogen (secondary N) is 5. The number of anilines is 10. The number of fused-ring (bicyclic) bond motifs is 12. The van der Waals surface area contributed by atoms with Crippen LogP contribution in [-0.4, -0.2) is 0 Å². The molecule has 530 valence electrons. The molecule has 0 saturated heterocycles. The molecule has 5 nitrogen and oxygen atoms in total. The number of rotatable bonds is 10. The van der Waals surface area contributed by atoms with Crippen molar-refractivity contribution in [2.75, 3.05) is 26.6 Å². The molecule has 0 aromatic heterocycles. The molecule has 0 amide bonds. The number of aryl methyl sites for hydroxylation is 5. The second kappa shape index (κ2) is 32.4. The van der Waals surface area contributed by atoms with Gasteiger partial charge in [-0.15, -0.1) is 0 Å². The fraction of sp³-hybridized carbons (Fsp3) is 0.0476. The van der Waals surface area contributed by atoms with Crippen LogP contribution in [0.25, 0.3) is 108 Å². The van der Waals surface area contributed by atoms with Crippen LogP contribution >= 0.6 is 0 Å². The van der Waals surface area contributed by atoms with Gasteiger partial charge in [0.05, 0.1) is 5.69 Å². The lowest BCUT2D eigenvalue weighted by molar-refractivity contribution is 1.46. The fourth-order valence-corrected chi connectivity index (χ4v) is 14.5. The second-order valence-electron chi connectivity index (χ2n) is 28.5. The highest BCUT2D eigenvalue weighted by atomic mass is 14.9. The molecule has 0 radical (unpaired) electrons. The first-order valence-corrected chi connectivity index (χ1v) is 37.7. The van der Waals surface area contributed by atoms with Gasteiger partial charge in [-0.25, -0.2) is 0 Å². The number of hydrogen-bond donors (Lipinski definition) is 5. The zero-order valence-electron chi connectivity index (χ0n) is 62.5.